The summed E-state index contributed by atoms with van der Waals surface area (Å²) in [6.45, 7) is 5.65. The molecule has 0 saturated heterocycles. The number of carbonyl (C=O) groups is 2. The van der Waals surface area contributed by atoms with Gasteiger partial charge in [-0.1, -0.05) is 18.2 Å². The Bertz CT molecular complexity index is 685. The van der Waals surface area contributed by atoms with Gasteiger partial charge < -0.3 is 14.7 Å². The molecular weight excluding hydrogens is 320 g/mol. The molecule has 6 nitrogen and oxygen atoms in total. The number of aliphatic hydroxyl groups is 1. The summed E-state index contributed by atoms with van der Waals surface area (Å²) in [7, 11) is 0. The molecule has 2 heterocycles. The van der Waals surface area contributed by atoms with Gasteiger partial charge in [0.05, 0.1) is 13.2 Å². The topological polar surface area (TPSA) is 79.7 Å². The third-order valence-electron chi connectivity index (χ3n) is 3.35. The summed E-state index contributed by atoms with van der Waals surface area (Å²) in [4.78, 5) is 29.9. The van der Waals surface area contributed by atoms with E-state index in [1.807, 2.05) is 0 Å². The van der Waals surface area contributed by atoms with Crippen molar-refractivity contribution in [3.05, 3.63) is 52.3 Å². The minimum atomic E-state index is -0.550. The van der Waals surface area contributed by atoms with Crippen LogP contribution in [0.1, 0.15) is 33.3 Å². The van der Waals surface area contributed by atoms with Crippen LogP contribution in [-0.4, -0.2) is 46.6 Å². The second kappa shape index (κ2) is 7.39. The number of fused-ring (bicyclic) bond motifs is 1. The zero-order chi connectivity index (χ0) is 17.0. The van der Waals surface area contributed by atoms with Crippen LogP contribution in [-0.2, 0) is 11.3 Å². The lowest BCUT2D eigenvalue weighted by molar-refractivity contribution is 0.0517. The van der Waals surface area contributed by atoms with Crippen LogP contribution in [0.4, 0.5) is 0 Å². The van der Waals surface area contributed by atoms with Gasteiger partial charge in [0.25, 0.3) is 5.91 Å². The van der Waals surface area contributed by atoms with Crippen molar-refractivity contribution in [3.8, 4) is 0 Å². The zero-order valence-corrected chi connectivity index (χ0v) is 13.5. The van der Waals surface area contributed by atoms with Gasteiger partial charge in [0.2, 0.25) is 0 Å². The smallest absolute Gasteiger partial charge is 0.357 e. The van der Waals surface area contributed by atoms with Crippen LogP contribution in [0.15, 0.2) is 35.5 Å². The van der Waals surface area contributed by atoms with Crippen molar-refractivity contribution in [1.82, 2.24) is 9.88 Å². The number of hydrogen-bond acceptors (Lipinski definition) is 5. The molecule has 0 spiro atoms. The van der Waals surface area contributed by atoms with Crippen LogP contribution < -0.4 is 0 Å². The van der Waals surface area contributed by atoms with E-state index in [9.17, 15) is 14.7 Å². The molecule has 0 unspecified atom stereocenters. The molecule has 0 aliphatic carbocycles. The van der Waals surface area contributed by atoms with Crippen molar-refractivity contribution in [1.29, 1.82) is 0 Å². The molecule has 0 atom stereocenters. The molecule has 1 aromatic rings. The number of rotatable bonds is 6. The van der Waals surface area contributed by atoms with Gasteiger partial charge in [-0.05, 0) is 24.6 Å². The Labute approximate surface area is 139 Å². The SMILES string of the molecule is C=C(Cl)/C=C(\CO)CN1Cc2c(ccnc2C(=O)OCC)C1=O. The molecule has 1 N–H and O–H groups in total. The van der Waals surface area contributed by atoms with Gasteiger partial charge in [0.1, 0.15) is 0 Å². The molecule has 122 valence electrons. The highest BCUT2D eigenvalue weighted by atomic mass is 35.5. The van der Waals surface area contributed by atoms with Crippen LogP contribution in [0.5, 0.6) is 0 Å². The fourth-order valence-electron chi connectivity index (χ4n) is 2.40. The number of amides is 1. The summed E-state index contributed by atoms with van der Waals surface area (Å²) in [6, 6.07) is 1.57. The molecule has 0 aromatic carbocycles. The number of halogens is 1. The lowest BCUT2D eigenvalue weighted by atomic mass is 10.1. The third kappa shape index (κ3) is 3.78. The number of carbonyl (C=O) groups excluding carboxylic acids is 2. The molecule has 0 radical (unpaired) electrons. The van der Waals surface area contributed by atoms with E-state index in [2.05, 4.69) is 11.6 Å². The number of aliphatic hydroxyl groups excluding tert-OH is 1. The predicted octanol–water partition coefficient (Wildman–Crippen LogP) is 1.89. The molecule has 1 aliphatic heterocycles. The number of esters is 1. The molecule has 1 aromatic heterocycles. The Morgan fingerprint density at radius 3 is 2.96 bits per heavy atom. The fraction of sp³-hybridized carbons (Fsp3) is 0.312. The summed E-state index contributed by atoms with van der Waals surface area (Å²) in [5.41, 5.74) is 1.66. The first-order chi connectivity index (χ1) is 11.0. The number of hydrogen-bond donors (Lipinski definition) is 1. The van der Waals surface area contributed by atoms with E-state index in [-0.39, 0.29) is 42.9 Å². The standard InChI is InChI=1S/C16H17ClN2O4/c1-3-23-16(22)14-13-8-19(7-11(9-20)6-10(2)17)15(21)12(13)4-5-18-14/h4-6,20H,2-3,7-9H2,1H3/b11-6-. The Kier molecular flexibility index (Phi) is 5.52. The second-order valence-electron chi connectivity index (χ2n) is 4.97. The maximum Gasteiger partial charge on any atom is 0.357 e. The van der Waals surface area contributed by atoms with E-state index >= 15 is 0 Å². The Hall–Kier alpha value is -2.18. The van der Waals surface area contributed by atoms with E-state index in [0.717, 1.165) is 0 Å². The summed E-state index contributed by atoms with van der Waals surface area (Å²) in [6.07, 6.45) is 2.93. The fourth-order valence-corrected chi connectivity index (χ4v) is 2.55. The zero-order valence-electron chi connectivity index (χ0n) is 12.7. The van der Waals surface area contributed by atoms with Crippen LogP contribution >= 0.6 is 11.6 Å². The normalized spacial score (nSPS) is 14.0. The number of nitrogens with zero attached hydrogens (tertiary/aromatic N) is 2. The number of allylic oxidation sites excluding steroid dienone is 2. The lowest BCUT2D eigenvalue weighted by Gasteiger charge is -2.17. The number of aromatic nitrogens is 1. The minimum absolute atomic E-state index is 0.150. The van der Waals surface area contributed by atoms with Gasteiger partial charge in [0, 0.05) is 35.4 Å². The van der Waals surface area contributed by atoms with Gasteiger partial charge in [0.15, 0.2) is 5.69 Å². The average molecular weight is 337 g/mol. The predicted molar refractivity (Wildman–Crippen MR) is 85.1 cm³/mol. The van der Waals surface area contributed by atoms with Crippen molar-refractivity contribution >= 4 is 23.5 Å². The van der Waals surface area contributed by atoms with Crippen molar-refractivity contribution in [2.24, 2.45) is 0 Å². The first kappa shape index (κ1) is 17.2. The molecule has 23 heavy (non-hydrogen) atoms. The number of pyridine rings is 1. The second-order valence-corrected chi connectivity index (χ2v) is 5.46. The van der Waals surface area contributed by atoms with Crippen LogP contribution in [0, 0.1) is 0 Å². The van der Waals surface area contributed by atoms with Crippen LogP contribution in [0.25, 0.3) is 0 Å². The van der Waals surface area contributed by atoms with Gasteiger partial charge >= 0.3 is 5.97 Å². The largest absolute Gasteiger partial charge is 0.461 e. The van der Waals surface area contributed by atoms with Crippen molar-refractivity contribution in [2.75, 3.05) is 19.8 Å². The summed E-state index contributed by atoms with van der Waals surface area (Å²) in [5, 5.41) is 9.63. The Balaban J connectivity index is 2.27. The first-order valence-electron chi connectivity index (χ1n) is 7.06. The Morgan fingerprint density at radius 2 is 2.35 bits per heavy atom. The maximum atomic E-state index is 12.4. The van der Waals surface area contributed by atoms with Gasteiger partial charge in [-0.25, -0.2) is 9.78 Å². The van der Waals surface area contributed by atoms with Gasteiger partial charge in [-0.3, -0.25) is 4.79 Å². The number of ether oxygens (including phenoxy) is 1. The third-order valence-corrected chi connectivity index (χ3v) is 3.46. The molecule has 2 rings (SSSR count). The molecule has 0 bridgehead atoms. The van der Waals surface area contributed by atoms with Crippen molar-refractivity contribution in [2.45, 2.75) is 13.5 Å². The lowest BCUT2D eigenvalue weighted by Crippen LogP contribution is -2.27. The van der Waals surface area contributed by atoms with Crippen LogP contribution in [0.2, 0.25) is 0 Å². The highest BCUT2D eigenvalue weighted by molar-refractivity contribution is 6.30. The molecule has 7 heteroatoms. The van der Waals surface area contributed by atoms with Crippen LogP contribution in [0.3, 0.4) is 0 Å². The van der Waals surface area contributed by atoms with Crippen molar-refractivity contribution in [3.63, 3.8) is 0 Å². The highest BCUT2D eigenvalue weighted by Crippen LogP contribution is 2.26. The molecule has 1 aliphatic rings. The van der Waals surface area contributed by atoms with Gasteiger partial charge in [-0.2, -0.15) is 0 Å². The monoisotopic (exact) mass is 336 g/mol. The average Bonchev–Trinajstić information content (AvgIpc) is 2.83. The van der Waals surface area contributed by atoms with Crippen molar-refractivity contribution < 1.29 is 19.4 Å². The van der Waals surface area contributed by atoms with E-state index in [4.69, 9.17) is 16.3 Å². The van der Waals surface area contributed by atoms with E-state index < -0.39 is 5.97 Å². The minimum Gasteiger partial charge on any atom is -0.461 e. The summed E-state index contributed by atoms with van der Waals surface area (Å²) >= 11 is 5.71. The van der Waals surface area contributed by atoms with E-state index in [1.54, 1.807) is 13.0 Å². The quantitative estimate of drug-likeness (QED) is 0.634. The first-order valence-corrected chi connectivity index (χ1v) is 7.44. The summed E-state index contributed by atoms with van der Waals surface area (Å²) < 4.78 is 4.97. The highest BCUT2D eigenvalue weighted by Gasteiger charge is 2.32. The summed E-state index contributed by atoms with van der Waals surface area (Å²) in [5.74, 6) is -0.779. The maximum absolute atomic E-state index is 12.4. The Morgan fingerprint density at radius 1 is 1.61 bits per heavy atom. The van der Waals surface area contributed by atoms with E-state index in [1.165, 1.54) is 17.2 Å². The molecular formula is C16H17ClN2O4. The van der Waals surface area contributed by atoms with E-state index in [0.29, 0.717) is 16.7 Å². The molecule has 0 fully saturated rings. The molecule has 0 saturated carbocycles. The molecule has 1 amide bonds. The van der Waals surface area contributed by atoms with Gasteiger partial charge in [-0.15, -0.1) is 0 Å².